The average Bonchev–Trinajstić information content (AvgIpc) is 2.77. The van der Waals surface area contributed by atoms with Gasteiger partial charge in [0, 0.05) is 12.1 Å². The molecule has 1 fully saturated rings. The molecule has 1 aromatic heterocycles. The molecule has 0 aliphatic carbocycles. The van der Waals surface area contributed by atoms with E-state index < -0.39 is 12.1 Å². The summed E-state index contributed by atoms with van der Waals surface area (Å²) in [5, 5.41) is 3.01. The topological polar surface area (TPSA) is 28.4 Å². The maximum absolute atomic E-state index is 12.6. The van der Waals surface area contributed by atoms with Crippen LogP contribution in [0.25, 0.3) is 0 Å². The third kappa shape index (κ3) is 3.73. The van der Waals surface area contributed by atoms with Gasteiger partial charge in [0.15, 0.2) is 0 Å². The molecule has 1 N–H and O–H groups in total. The minimum Gasteiger partial charge on any atom is -0.468 e. The van der Waals surface area contributed by atoms with Gasteiger partial charge in [0.05, 0.1) is 18.7 Å². The number of alkyl halides is 3. The molecule has 0 bridgehead atoms. The highest BCUT2D eigenvalue weighted by Gasteiger charge is 2.41. The fourth-order valence-corrected chi connectivity index (χ4v) is 2.48. The number of halogens is 3. The molecule has 0 saturated carbocycles. The van der Waals surface area contributed by atoms with Crippen LogP contribution in [0.2, 0.25) is 0 Å². The summed E-state index contributed by atoms with van der Waals surface area (Å²) in [6.07, 6.45) is -2.02. The molecular weight excluding hydrogens is 257 g/mol. The number of nitrogens with zero attached hydrogens (tertiary/aromatic N) is 1. The van der Waals surface area contributed by atoms with Gasteiger partial charge in [-0.2, -0.15) is 13.2 Å². The molecule has 0 amide bonds. The number of likely N-dealkylation sites (tertiary alicyclic amines) is 1. The zero-order chi connectivity index (χ0) is 13.9. The van der Waals surface area contributed by atoms with Gasteiger partial charge < -0.3 is 9.73 Å². The zero-order valence-electron chi connectivity index (χ0n) is 11.0. The van der Waals surface area contributed by atoms with E-state index in [0.29, 0.717) is 26.2 Å². The number of furan rings is 1. The summed E-state index contributed by atoms with van der Waals surface area (Å²) in [6.45, 7) is 2.29. The van der Waals surface area contributed by atoms with E-state index in [1.54, 1.807) is 6.26 Å². The van der Waals surface area contributed by atoms with Crippen LogP contribution < -0.4 is 5.32 Å². The second-order valence-electron chi connectivity index (χ2n) is 4.99. The number of nitrogens with one attached hydrogen (secondary N) is 1. The van der Waals surface area contributed by atoms with Gasteiger partial charge in [0.1, 0.15) is 5.76 Å². The Morgan fingerprint density at radius 2 is 2.05 bits per heavy atom. The summed E-state index contributed by atoms with van der Waals surface area (Å²) in [7, 11) is 1.83. The van der Waals surface area contributed by atoms with Crippen molar-refractivity contribution in [1.82, 2.24) is 10.2 Å². The molecule has 6 heteroatoms. The minimum atomic E-state index is -4.04. The Kier molecular flexibility index (Phi) is 4.52. The fourth-order valence-electron chi connectivity index (χ4n) is 2.48. The lowest BCUT2D eigenvalue weighted by Gasteiger charge is -2.32. The molecular formula is C13H19F3N2O. The molecule has 0 atom stereocenters. The third-order valence-electron chi connectivity index (χ3n) is 3.62. The Balaban J connectivity index is 1.87. The standard InChI is InChI=1S/C13H19F3N2O/c1-17-8-12-10(4-7-19-12)9-18-5-2-11(3-6-18)13(14,15)16/h4,7,11,17H,2-3,5-6,8-9H2,1H3. The second-order valence-corrected chi connectivity index (χ2v) is 4.99. The van der Waals surface area contributed by atoms with Crippen molar-refractivity contribution in [3.05, 3.63) is 23.7 Å². The van der Waals surface area contributed by atoms with E-state index in [9.17, 15) is 13.2 Å². The Hall–Kier alpha value is -1.01. The van der Waals surface area contributed by atoms with Crippen LogP contribution in [0.5, 0.6) is 0 Å². The Bertz CT molecular complexity index is 395. The summed E-state index contributed by atoms with van der Waals surface area (Å²) in [5.74, 6) is -0.273. The van der Waals surface area contributed by atoms with Gasteiger partial charge in [0.25, 0.3) is 0 Å². The predicted molar refractivity (Wildman–Crippen MR) is 65.5 cm³/mol. The van der Waals surface area contributed by atoms with E-state index >= 15 is 0 Å². The van der Waals surface area contributed by atoms with Crippen molar-refractivity contribution >= 4 is 0 Å². The summed E-state index contributed by atoms with van der Waals surface area (Å²) in [5.41, 5.74) is 1.06. The van der Waals surface area contributed by atoms with Crippen LogP contribution in [0.1, 0.15) is 24.2 Å². The molecule has 108 valence electrons. The molecule has 0 spiro atoms. The number of rotatable bonds is 4. The van der Waals surface area contributed by atoms with Crippen LogP contribution in [0.15, 0.2) is 16.7 Å². The maximum atomic E-state index is 12.6. The van der Waals surface area contributed by atoms with Crippen molar-refractivity contribution in [3.8, 4) is 0 Å². The first-order chi connectivity index (χ1) is 9.00. The molecule has 1 aliphatic heterocycles. The zero-order valence-corrected chi connectivity index (χ0v) is 11.0. The van der Waals surface area contributed by atoms with Crippen molar-refractivity contribution in [1.29, 1.82) is 0 Å². The van der Waals surface area contributed by atoms with E-state index in [1.807, 2.05) is 13.1 Å². The molecule has 0 aromatic carbocycles. The predicted octanol–water partition coefficient (Wildman–Crippen LogP) is 2.77. The van der Waals surface area contributed by atoms with Crippen LogP contribution in [0.3, 0.4) is 0 Å². The molecule has 0 radical (unpaired) electrons. The summed E-state index contributed by atoms with van der Waals surface area (Å²) in [6, 6.07) is 1.89. The first-order valence-electron chi connectivity index (χ1n) is 6.49. The highest BCUT2D eigenvalue weighted by atomic mass is 19.4. The largest absolute Gasteiger partial charge is 0.468 e. The van der Waals surface area contributed by atoms with Crippen LogP contribution >= 0.6 is 0 Å². The fraction of sp³-hybridized carbons (Fsp3) is 0.692. The Morgan fingerprint density at radius 3 is 2.63 bits per heavy atom. The quantitative estimate of drug-likeness (QED) is 0.916. The van der Waals surface area contributed by atoms with Crippen LogP contribution in [-0.2, 0) is 13.1 Å². The molecule has 2 rings (SSSR count). The van der Waals surface area contributed by atoms with E-state index in [0.717, 1.165) is 11.3 Å². The van der Waals surface area contributed by atoms with Gasteiger partial charge in [-0.25, -0.2) is 0 Å². The lowest BCUT2D eigenvalue weighted by molar-refractivity contribution is -0.185. The lowest BCUT2D eigenvalue weighted by Crippen LogP contribution is -2.38. The molecule has 1 aromatic rings. The monoisotopic (exact) mass is 276 g/mol. The molecule has 19 heavy (non-hydrogen) atoms. The van der Waals surface area contributed by atoms with Crippen LogP contribution in [0.4, 0.5) is 13.2 Å². The van der Waals surface area contributed by atoms with E-state index in [2.05, 4.69) is 10.2 Å². The molecule has 1 saturated heterocycles. The highest BCUT2D eigenvalue weighted by molar-refractivity contribution is 5.16. The molecule has 3 nitrogen and oxygen atoms in total. The highest BCUT2D eigenvalue weighted by Crippen LogP contribution is 2.34. The third-order valence-corrected chi connectivity index (χ3v) is 3.62. The van der Waals surface area contributed by atoms with Crippen molar-refractivity contribution in [2.24, 2.45) is 5.92 Å². The summed E-state index contributed by atoms with van der Waals surface area (Å²) in [4.78, 5) is 2.06. The maximum Gasteiger partial charge on any atom is 0.391 e. The minimum absolute atomic E-state index is 0.197. The van der Waals surface area contributed by atoms with Gasteiger partial charge in [0.2, 0.25) is 0 Å². The number of piperidine rings is 1. The normalized spacial score (nSPS) is 18.9. The van der Waals surface area contributed by atoms with Crippen molar-refractivity contribution < 1.29 is 17.6 Å². The smallest absolute Gasteiger partial charge is 0.391 e. The van der Waals surface area contributed by atoms with Gasteiger partial charge in [-0.3, -0.25) is 4.90 Å². The number of hydrogen-bond donors (Lipinski definition) is 1. The van der Waals surface area contributed by atoms with E-state index in [1.165, 1.54) is 0 Å². The van der Waals surface area contributed by atoms with Crippen LogP contribution in [-0.4, -0.2) is 31.2 Å². The van der Waals surface area contributed by atoms with Crippen LogP contribution in [0, 0.1) is 5.92 Å². The first-order valence-corrected chi connectivity index (χ1v) is 6.49. The van der Waals surface area contributed by atoms with Crippen molar-refractivity contribution in [3.63, 3.8) is 0 Å². The van der Waals surface area contributed by atoms with Gasteiger partial charge in [-0.15, -0.1) is 0 Å². The second kappa shape index (κ2) is 5.96. The van der Waals surface area contributed by atoms with E-state index in [-0.39, 0.29) is 12.8 Å². The van der Waals surface area contributed by atoms with Crippen molar-refractivity contribution in [2.75, 3.05) is 20.1 Å². The first kappa shape index (κ1) is 14.4. The SMILES string of the molecule is CNCc1occc1CN1CCC(C(F)(F)F)CC1. The van der Waals surface area contributed by atoms with E-state index in [4.69, 9.17) is 4.42 Å². The Labute approximate surface area is 110 Å². The van der Waals surface area contributed by atoms with Gasteiger partial charge in [-0.1, -0.05) is 0 Å². The summed E-state index contributed by atoms with van der Waals surface area (Å²) < 4.78 is 43.1. The number of hydrogen-bond acceptors (Lipinski definition) is 3. The molecule has 2 heterocycles. The average molecular weight is 276 g/mol. The summed E-state index contributed by atoms with van der Waals surface area (Å²) >= 11 is 0. The van der Waals surface area contributed by atoms with Gasteiger partial charge in [-0.05, 0) is 39.0 Å². The molecule has 0 unspecified atom stereocenters. The van der Waals surface area contributed by atoms with Gasteiger partial charge >= 0.3 is 6.18 Å². The molecule has 1 aliphatic rings. The van der Waals surface area contributed by atoms with Crippen molar-refractivity contribution in [2.45, 2.75) is 32.1 Å². The lowest BCUT2D eigenvalue weighted by atomic mass is 9.96. The Morgan fingerprint density at radius 1 is 1.37 bits per heavy atom.